The van der Waals surface area contributed by atoms with Gasteiger partial charge in [-0.25, -0.2) is 0 Å². The summed E-state index contributed by atoms with van der Waals surface area (Å²) in [7, 11) is 4.06. The zero-order chi connectivity index (χ0) is 20.1. The van der Waals surface area contributed by atoms with Gasteiger partial charge in [0, 0.05) is 48.0 Å². The van der Waals surface area contributed by atoms with Crippen molar-refractivity contribution in [3.8, 4) is 11.8 Å². The molecule has 0 bridgehead atoms. The number of nitrogens with zero attached hydrogens (tertiary/aromatic N) is 4. The van der Waals surface area contributed by atoms with E-state index in [0.29, 0.717) is 5.56 Å². The highest BCUT2D eigenvalue weighted by molar-refractivity contribution is 5.81. The van der Waals surface area contributed by atoms with Crippen LogP contribution in [-0.4, -0.2) is 24.9 Å². The highest BCUT2D eigenvalue weighted by Crippen LogP contribution is 2.22. The zero-order valence-corrected chi connectivity index (χ0v) is 16.7. The Kier molecular flexibility index (Phi) is 5.81. The molecule has 0 amide bonds. The smallest absolute Gasteiger partial charge is 0.143 e. The van der Waals surface area contributed by atoms with E-state index in [1.165, 1.54) is 5.69 Å². The summed E-state index contributed by atoms with van der Waals surface area (Å²) in [4.78, 5) is 7.50. The maximum Gasteiger partial charge on any atom is 0.143 e. The van der Waals surface area contributed by atoms with Gasteiger partial charge < -0.3 is 14.3 Å². The molecule has 0 fully saturated rings. The van der Waals surface area contributed by atoms with Crippen LogP contribution in [0.1, 0.15) is 28.1 Å². The molecule has 5 nitrogen and oxygen atoms in total. The van der Waals surface area contributed by atoms with Gasteiger partial charge in [0.2, 0.25) is 0 Å². The number of benzene rings is 2. The van der Waals surface area contributed by atoms with Crippen molar-refractivity contribution in [1.82, 2.24) is 4.57 Å². The molecule has 28 heavy (non-hydrogen) atoms. The van der Waals surface area contributed by atoms with Crippen molar-refractivity contribution in [2.75, 3.05) is 19.0 Å². The van der Waals surface area contributed by atoms with Crippen molar-refractivity contribution in [3.05, 3.63) is 82.7 Å². The molecule has 2 aromatic carbocycles. The van der Waals surface area contributed by atoms with Crippen LogP contribution in [0, 0.1) is 25.2 Å². The predicted octanol–water partition coefficient (Wildman–Crippen LogP) is 4.58. The van der Waals surface area contributed by atoms with Crippen LogP contribution in [0.15, 0.2) is 59.8 Å². The number of aryl methyl sites for hydroxylation is 1. The SMILES string of the molecule is Cc1cc(/C=N\OCc2ccccc2C#N)c(C)n1-c1ccc(N(C)C)cc1. The number of oxime groups is 1. The molecule has 142 valence electrons. The lowest BCUT2D eigenvalue weighted by Crippen LogP contribution is -2.08. The second-order valence-corrected chi connectivity index (χ2v) is 6.85. The first-order chi connectivity index (χ1) is 13.5. The fourth-order valence-corrected chi connectivity index (χ4v) is 3.17. The molecule has 0 atom stereocenters. The van der Waals surface area contributed by atoms with E-state index in [2.05, 4.69) is 64.9 Å². The van der Waals surface area contributed by atoms with Crippen LogP contribution in [0.5, 0.6) is 0 Å². The van der Waals surface area contributed by atoms with E-state index >= 15 is 0 Å². The monoisotopic (exact) mass is 372 g/mol. The number of hydrogen-bond acceptors (Lipinski definition) is 4. The van der Waals surface area contributed by atoms with E-state index in [1.54, 1.807) is 12.3 Å². The quantitative estimate of drug-likeness (QED) is 0.470. The van der Waals surface area contributed by atoms with Gasteiger partial charge >= 0.3 is 0 Å². The predicted molar refractivity (Wildman–Crippen MR) is 113 cm³/mol. The second kappa shape index (κ2) is 8.45. The van der Waals surface area contributed by atoms with Gasteiger partial charge in [-0.15, -0.1) is 0 Å². The van der Waals surface area contributed by atoms with E-state index in [4.69, 9.17) is 10.1 Å². The van der Waals surface area contributed by atoms with E-state index in [1.807, 2.05) is 32.3 Å². The van der Waals surface area contributed by atoms with Gasteiger partial charge in [-0.05, 0) is 50.2 Å². The Labute approximate surface area is 166 Å². The Morgan fingerprint density at radius 1 is 1.11 bits per heavy atom. The number of aromatic nitrogens is 1. The fraction of sp³-hybridized carbons (Fsp3) is 0.217. The summed E-state index contributed by atoms with van der Waals surface area (Å²) >= 11 is 0. The normalized spacial score (nSPS) is 10.8. The lowest BCUT2D eigenvalue weighted by Gasteiger charge is -2.14. The Bertz CT molecular complexity index is 1020. The van der Waals surface area contributed by atoms with Crippen LogP contribution in [-0.2, 0) is 11.4 Å². The average Bonchev–Trinajstić information content (AvgIpc) is 2.99. The van der Waals surface area contributed by atoms with Crippen LogP contribution in [0.3, 0.4) is 0 Å². The molecule has 0 radical (unpaired) electrons. The molecule has 0 unspecified atom stereocenters. The van der Waals surface area contributed by atoms with Crippen molar-refractivity contribution < 1.29 is 4.84 Å². The van der Waals surface area contributed by atoms with Crippen molar-refractivity contribution in [2.45, 2.75) is 20.5 Å². The third-order valence-corrected chi connectivity index (χ3v) is 4.72. The van der Waals surface area contributed by atoms with Crippen molar-refractivity contribution in [1.29, 1.82) is 5.26 Å². The van der Waals surface area contributed by atoms with Crippen molar-refractivity contribution >= 4 is 11.9 Å². The molecule has 0 saturated carbocycles. The van der Waals surface area contributed by atoms with Crippen LogP contribution in [0.25, 0.3) is 5.69 Å². The number of rotatable bonds is 6. The summed E-state index contributed by atoms with van der Waals surface area (Å²) in [5, 5.41) is 13.2. The Balaban J connectivity index is 1.74. The van der Waals surface area contributed by atoms with E-state index in [-0.39, 0.29) is 6.61 Å². The summed E-state index contributed by atoms with van der Waals surface area (Å²) < 4.78 is 2.20. The van der Waals surface area contributed by atoms with Crippen molar-refractivity contribution in [2.24, 2.45) is 5.16 Å². The molecular formula is C23H24N4O. The van der Waals surface area contributed by atoms with Gasteiger partial charge in [0.1, 0.15) is 6.61 Å². The summed E-state index contributed by atoms with van der Waals surface area (Å²) in [6.45, 7) is 4.42. The third kappa shape index (κ3) is 4.07. The fourth-order valence-electron chi connectivity index (χ4n) is 3.17. The van der Waals surface area contributed by atoms with Gasteiger partial charge in [0.25, 0.3) is 0 Å². The Morgan fingerprint density at radius 2 is 1.82 bits per heavy atom. The summed E-state index contributed by atoms with van der Waals surface area (Å²) in [6.07, 6.45) is 1.72. The summed E-state index contributed by atoms with van der Waals surface area (Å²) in [6, 6.07) is 20.1. The van der Waals surface area contributed by atoms with Crippen LogP contribution in [0.2, 0.25) is 0 Å². The minimum absolute atomic E-state index is 0.269. The highest BCUT2D eigenvalue weighted by Gasteiger charge is 2.10. The first-order valence-corrected chi connectivity index (χ1v) is 9.11. The maximum atomic E-state index is 9.13. The number of nitriles is 1. The van der Waals surface area contributed by atoms with Gasteiger partial charge in [0.15, 0.2) is 0 Å². The van der Waals surface area contributed by atoms with Gasteiger partial charge in [-0.1, -0.05) is 23.4 Å². The lowest BCUT2D eigenvalue weighted by molar-refractivity contribution is 0.132. The number of anilines is 1. The first kappa shape index (κ1) is 19.2. The topological polar surface area (TPSA) is 53.5 Å². The van der Waals surface area contributed by atoms with E-state index in [9.17, 15) is 0 Å². The minimum Gasteiger partial charge on any atom is -0.391 e. The number of hydrogen-bond donors (Lipinski definition) is 0. The Morgan fingerprint density at radius 3 is 2.50 bits per heavy atom. The van der Waals surface area contributed by atoms with E-state index < -0.39 is 0 Å². The molecule has 0 saturated heterocycles. The molecule has 5 heteroatoms. The van der Waals surface area contributed by atoms with Gasteiger partial charge in [-0.2, -0.15) is 5.26 Å². The van der Waals surface area contributed by atoms with Gasteiger partial charge in [-0.3, -0.25) is 0 Å². The first-order valence-electron chi connectivity index (χ1n) is 9.11. The van der Waals surface area contributed by atoms with Crippen LogP contribution < -0.4 is 4.90 Å². The summed E-state index contributed by atoms with van der Waals surface area (Å²) in [5.41, 5.74) is 6.95. The standard InChI is InChI=1S/C23H24N4O/c1-17-13-21(15-25-28-16-20-8-6-5-7-19(20)14-24)18(2)27(17)23-11-9-22(10-12-23)26(3)4/h5-13,15H,16H2,1-4H3/b25-15-. The summed E-state index contributed by atoms with van der Waals surface area (Å²) in [5.74, 6) is 0. The molecule has 0 aliphatic rings. The molecule has 0 aliphatic heterocycles. The third-order valence-electron chi connectivity index (χ3n) is 4.72. The Hall–Kier alpha value is -3.52. The minimum atomic E-state index is 0.269. The molecular weight excluding hydrogens is 348 g/mol. The van der Waals surface area contributed by atoms with Gasteiger partial charge in [0.05, 0.1) is 17.8 Å². The molecule has 3 rings (SSSR count). The molecule has 0 aliphatic carbocycles. The molecule has 1 heterocycles. The molecule has 1 aromatic heterocycles. The molecule has 0 N–H and O–H groups in total. The lowest BCUT2D eigenvalue weighted by atomic mass is 10.1. The highest BCUT2D eigenvalue weighted by atomic mass is 16.6. The van der Waals surface area contributed by atoms with Crippen LogP contribution in [0.4, 0.5) is 5.69 Å². The zero-order valence-electron chi connectivity index (χ0n) is 16.7. The average molecular weight is 372 g/mol. The van der Waals surface area contributed by atoms with E-state index in [0.717, 1.165) is 28.2 Å². The second-order valence-electron chi connectivity index (χ2n) is 6.85. The molecule has 3 aromatic rings. The van der Waals surface area contributed by atoms with Crippen LogP contribution >= 0.6 is 0 Å². The van der Waals surface area contributed by atoms with Crippen molar-refractivity contribution in [3.63, 3.8) is 0 Å². The molecule has 0 spiro atoms. The maximum absolute atomic E-state index is 9.13. The largest absolute Gasteiger partial charge is 0.391 e.